The smallest absolute Gasteiger partial charge is 0.241 e. The summed E-state index contributed by atoms with van der Waals surface area (Å²) in [6.45, 7) is 1.98. The van der Waals surface area contributed by atoms with Crippen molar-refractivity contribution in [3.63, 3.8) is 0 Å². The second-order valence-corrected chi connectivity index (χ2v) is 6.87. The molecule has 1 aromatic heterocycles. The van der Waals surface area contributed by atoms with Crippen molar-refractivity contribution in [3.8, 4) is 0 Å². The van der Waals surface area contributed by atoms with E-state index < -0.39 is 15.8 Å². The average molecular weight is 362 g/mol. The van der Waals surface area contributed by atoms with Gasteiger partial charge in [0.25, 0.3) is 0 Å². The van der Waals surface area contributed by atoms with Crippen molar-refractivity contribution in [3.05, 3.63) is 45.9 Å². The highest BCUT2D eigenvalue weighted by atomic mass is 79.9. The number of nitrogens with zero attached hydrogens (tertiary/aromatic N) is 2. The minimum atomic E-state index is -3.71. The van der Waals surface area contributed by atoms with Crippen LogP contribution in [0.3, 0.4) is 0 Å². The highest BCUT2D eigenvalue weighted by Gasteiger charge is 2.18. The van der Waals surface area contributed by atoms with E-state index in [2.05, 4.69) is 25.8 Å². The molecule has 0 atom stereocenters. The molecule has 0 aliphatic heterocycles. The van der Waals surface area contributed by atoms with E-state index in [1.54, 1.807) is 17.9 Å². The maximum atomic E-state index is 13.0. The number of aromatic nitrogens is 2. The third kappa shape index (κ3) is 3.08. The monoisotopic (exact) mass is 361 g/mol. The summed E-state index contributed by atoms with van der Waals surface area (Å²) in [6, 6.07) is 3.44. The lowest BCUT2D eigenvalue weighted by atomic mass is 10.3. The van der Waals surface area contributed by atoms with Gasteiger partial charge in [0.1, 0.15) is 5.82 Å². The zero-order valence-corrected chi connectivity index (χ0v) is 13.3. The molecule has 1 N–H and O–H groups in total. The number of rotatable bonds is 4. The highest BCUT2D eigenvalue weighted by molar-refractivity contribution is 9.10. The minimum absolute atomic E-state index is 0.000411. The van der Waals surface area contributed by atoms with Crippen LogP contribution in [-0.2, 0) is 23.6 Å². The number of nitrogens with one attached hydrogen (secondary N) is 1. The molecule has 8 heteroatoms. The summed E-state index contributed by atoms with van der Waals surface area (Å²) in [5.74, 6) is -0.501. The first-order valence-corrected chi connectivity index (χ1v) is 8.01. The summed E-state index contributed by atoms with van der Waals surface area (Å²) in [4.78, 5) is 0.000411. The van der Waals surface area contributed by atoms with Crippen LogP contribution < -0.4 is 4.72 Å². The van der Waals surface area contributed by atoms with Crippen molar-refractivity contribution in [2.24, 2.45) is 7.05 Å². The fourth-order valence-corrected chi connectivity index (χ4v) is 3.72. The van der Waals surface area contributed by atoms with Crippen molar-refractivity contribution in [2.45, 2.75) is 18.4 Å². The summed E-state index contributed by atoms with van der Waals surface area (Å²) in [7, 11) is -1.93. The first-order chi connectivity index (χ1) is 9.31. The Kier molecular flexibility index (Phi) is 4.26. The van der Waals surface area contributed by atoms with E-state index in [0.717, 1.165) is 23.4 Å². The Morgan fingerprint density at radius 3 is 2.70 bits per heavy atom. The number of sulfonamides is 1. The first kappa shape index (κ1) is 15.1. The van der Waals surface area contributed by atoms with Crippen LogP contribution in [0.2, 0.25) is 0 Å². The molecule has 2 aromatic rings. The van der Waals surface area contributed by atoms with Gasteiger partial charge >= 0.3 is 0 Å². The van der Waals surface area contributed by atoms with Gasteiger partial charge in [0.2, 0.25) is 10.0 Å². The number of hydrogen-bond donors (Lipinski definition) is 1. The fraction of sp³-hybridized carbons (Fsp3) is 0.250. The van der Waals surface area contributed by atoms with Crippen molar-refractivity contribution in [1.82, 2.24) is 14.5 Å². The van der Waals surface area contributed by atoms with Crippen molar-refractivity contribution < 1.29 is 12.8 Å². The normalized spacial score (nSPS) is 11.8. The Morgan fingerprint density at radius 2 is 2.15 bits per heavy atom. The molecule has 0 bridgehead atoms. The van der Waals surface area contributed by atoms with Gasteiger partial charge in [-0.15, -0.1) is 0 Å². The molecule has 1 aromatic carbocycles. The van der Waals surface area contributed by atoms with E-state index >= 15 is 0 Å². The second kappa shape index (κ2) is 5.63. The zero-order chi connectivity index (χ0) is 14.9. The topological polar surface area (TPSA) is 64.0 Å². The van der Waals surface area contributed by atoms with Crippen LogP contribution >= 0.6 is 15.9 Å². The number of halogens is 2. The molecular formula is C12H13BrFN3O2S. The van der Waals surface area contributed by atoms with E-state index in [4.69, 9.17) is 0 Å². The molecule has 108 valence electrons. The lowest BCUT2D eigenvalue weighted by Crippen LogP contribution is -2.24. The van der Waals surface area contributed by atoms with Gasteiger partial charge in [0, 0.05) is 29.3 Å². The molecule has 0 fully saturated rings. The molecule has 0 aliphatic carbocycles. The summed E-state index contributed by atoms with van der Waals surface area (Å²) in [6.07, 6.45) is 1.61. The van der Waals surface area contributed by atoms with Gasteiger partial charge in [0.05, 0.1) is 11.1 Å². The average Bonchev–Trinajstić information content (AvgIpc) is 2.67. The van der Waals surface area contributed by atoms with Gasteiger partial charge in [-0.3, -0.25) is 4.68 Å². The van der Waals surface area contributed by atoms with Crippen LogP contribution in [0.25, 0.3) is 0 Å². The molecular weight excluding hydrogens is 349 g/mol. The molecule has 0 aliphatic rings. The molecule has 20 heavy (non-hydrogen) atoms. The maximum absolute atomic E-state index is 13.0. The third-order valence-electron chi connectivity index (χ3n) is 2.97. The molecule has 2 rings (SSSR count). The fourth-order valence-electron chi connectivity index (χ4n) is 1.66. The number of benzene rings is 1. The molecule has 0 saturated carbocycles. The minimum Gasteiger partial charge on any atom is -0.273 e. The Hall–Kier alpha value is -1.25. The number of aryl methyl sites for hydroxylation is 1. The molecule has 5 nitrogen and oxygen atoms in total. The van der Waals surface area contributed by atoms with Crippen LogP contribution in [0, 0.1) is 12.7 Å². The van der Waals surface area contributed by atoms with Crippen molar-refractivity contribution in [2.75, 3.05) is 0 Å². The predicted octanol–water partition coefficient (Wildman–Crippen LogP) is 2.11. The van der Waals surface area contributed by atoms with Gasteiger partial charge in [-0.05, 0) is 41.1 Å². The van der Waals surface area contributed by atoms with Gasteiger partial charge in [-0.25, -0.2) is 17.5 Å². The lowest BCUT2D eigenvalue weighted by molar-refractivity contribution is 0.579. The molecule has 1 heterocycles. The van der Waals surface area contributed by atoms with Crippen LogP contribution in [0.15, 0.2) is 33.8 Å². The quantitative estimate of drug-likeness (QED) is 0.906. The molecule has 0 saturated heterocycles. The first-order valence-electron chi connectivity index (χ1n) is 5.73. The van der Waals surface area contributed by atoms with E-state index in [9.17, 15) is 12.8 Å². The maximum Gasteiger partial charge on any atom is 0.241 e. The Bertz CT molecular complexity index is 743. The SMILES string of the molecule is Cc1c(CNS(=O)(=O)c2ccc(F)cc2Br)cnn1C. The highest BCUT2D eigenvalue weighted by Crippen LogP contribution is 2.22. The van der Waals surface area contributed by atoms with E-state index in [1.807, 2.05) is 6.92 Å². The molecule has 0 spiro atoms. The summed E-state index contributed by atoms with van der Waals surface area (Å²) >= 11 is 3.05. The van der Waals surface area contributed by atoms with Crippen LogP contribution in [0.5, 0.6) is 0 Å². The van der Waals surface area contributed by atoms with Crippen LogP contribution in [-0.4, -0.2) is 18.2 Å². The van der Waals surface area contributed by atoms with E-state index in [0.29, 0.717) is 0 Å². The van der Waals surface area contributed by atoms with Crippen LogP contribution in [0.4, 0.5) is 4.39 Å². The molecule has 0 unspecified atom stereocenters. The van der Waals surface area contributed by atoms with Crippen molar-refractivity contribution >= 4 is 26.0 Å². The van der Waals surface area contributed by atoms with Gasteiger partial charge < -0.3 is 0 Å². The number of hydrogen-bond acceptors (Lipinski definition) is 3. The zero-order valence-electron chi connectivity index (χ0n) is 10.9. The standard InChI is InChI=1S/C12H13BrFN3O2S/c1-8-9(6-15-17(8)2)7-16-20(18,19)12-4-3-10(14)5-11(12)13/h3-6,16H,7H2,1-2H3. The van der Waals surface area contributed by atoms with Gasteiger partial charge in [0.15, 0.2) is 0 Å². The second-order valence-electron chi connectivity index (χ2n) is 4.28. The summed E-state index contributed by atoms with van der Waals surface area (Å²) in [5, 5.41) is 4.04. The van der Waals surface area contributed by atoms with E-state index in [1.165, 1.54) is 6.07 Å². The van der Waals surface area contributed by atoms with Crippen molar-refractivity contribution in [1.29, 1.82) is 0 Å². The van der Waals surface area contributed by atoms with Gasteiger partial charge in [-0.2, -0.15) is 5.10 Å². The summed E-state index contributed by atoms with van der Waals surface area (Å²) in [5.41, 5.74) is 1.67. The molecule has 0 radical (unpaired) electrons. The lowest BCUT2D eigenvalue weighted by Gasteiger charge is -2.08. The molecule has 0 amide bonds. The van der Waals surface area contributed by atoms with Crippen LogP contribution in [0.1, 0.15) is 11.3 Å². The Balaban J connectivity index is 2.21. The Labute approximate surface area is 125 Å². The summed E-state index contributed by atoms with van der Waals surface area (Å²) < 4.78 is 41.6. The third-order valence-corrected chi connectivity index (χ3v) is 5.35. The largest absolute Gasteiger partial charge is 0.273 e. The Morgan fingerprint density at radius 1 is 1.45 bits per heavy atom. The predicted molar refractivity (Wildman–Crippen MR) is 76.1 cm³/mol. The van der Waals surface area contributed by atoms with E-state index in [-0.39, 0.29) is 15.9 Å². The van der Waals surface area contributed by atoms with Gasteiger partial charge in [-0.1, -0.05) is 0 Å².